The molecule has 1 amide bonds. The maximum absolute atomic E-state index is 11.7. The third-order valence-electron chi connectivity index (χ3n) is 2.37. The van der Waals surface area contributed by atoms with E-state index in [1.54, 1.807) is 42.3 Å². The van der Waals surface area contributed by atoms with E-state index < -0.39 is 0 Å². The van der Waals surface area contributed by atoms with Crippen molar-refractivity contribution in [3.8, 4) is 5.75 Å². The van der Waals surface area contributed by atoms with E-state index in [9.17, 15) is 9.90 Å². The average molecular weight is 231 g/mol. The summed E-state index contributed by atoms with van der Waals surface area (Å²) in [4.78, 5) is 15.6. The van der Waals surface area contributed by atoms with E-state index in [1.807, 2.05) is 6.07 Å². The number of nitrogens with zero attached hydrogens (tertiary/aromatic N) is 2. The van der Waals surface area contributed by atoms with Crippen molar-refractivity contribution in [3.63, 3.8) is 0 Å². The summed E-state index contributed by atoms with van der Waals surface area (Å²) in [7, 11) is 1.80. The molecule has 0 unspecified atom stereocenters. The number of aromatic hydroxyl groups is 1. The van der Waals surface area contributed by atoms with Gasteiger partial charge in [-0.3, -0.25) is 4.79 Å². The molecule has 0 radical (unpaired) electrons. The fraction of sp³-hybridized carbons (Fsp3) is 0.167. The number of aryl methyl sites for hydroxylation is 1. The van der Waals surface area contributed by atoms with Crippen molar-refractivity contribution >= 4 is 5.91 Å². The molecule has 1 aromatic heterocycles. The van der Waals surface area contributed by atoms with E-state index in [2.05, 4.69) is 10.3 Å². The molecule has 0 aliphatic carbocycles. The van der Waals surface area contributed by atoms with Crippen LogP contribution in [0.1, 0.15) is 16.1 Å². The molecule has 1 heterocycles. The smallest absolute Gasteiger partial charge is 0.271 e. The van der Waals surface area contributed by atoms with Crippen molar-refractivity contribution in [1.29, 1.82) is 0 Å². The molecule has 1 aromatic carbocycles. The summed E-state index contributed by atoms with van der Waals surface area (Å²) in [6.45, 7) is 0.280. The van der Waals surface area contributed by atoms with E-state index in [0.717, 1.165) is 0 Å². The van der Waals surface area contributed by atoms with Crippen molar-refractivity contribution in [1.82, 2.24) is 14.9 Å². The van der Waals surface area contributed by atoms with Gasteiger partial charge < -0.3 is 15.0 Å². The second kappa shape index (κ2) is 4.69. The van der Waals surface area contributed by atoms with Gasteiger partial charge in [0.25, 0.3) is 5.91 Å². The number of imidazole rings is 1. The van der Waals surface area contributed by atoms with Gasteiger partial charge in [-0.1, -0.05) is 18.2 Å². The highest BCUT2D eigenvalue weighted by Crippen LogP contribution is 2.14. The van der Waals surface area contributed by atoms with Gasteiger partial charge in [0.2, 0.25) is 0 Å². The number of nitrogens with one attached hydrogen (secondary N) is 1. The fourth-order valence-corrected chi connectivity index (χ4v) is 1.46. The lowest BCUT2D eigenvalue weighted by atomic mass is 10.2. The van der Waals surface area contributed by atoms with Crippen LogP contribution in [0, 0.1) is 0 Å². The molecule has 0 spiro atoms. The summed E-state index contributed by atoms with van der Waals surface area (Å²) in [5, 5.41) is 12.2. The van der Waals surface area contributed by atoms with E-state index in [1.165, 1.54) is 0 Å². The van der Waals surface area contributed by atoms with Crippen molar-refractivity contribution in [3.05, 3.63) is 48.0 Å². The second-order valence-electron chi connectivity index (χ2n) is 3.74. The highest BCUT2D eigenvalue weighted by molar-refractivity contribution is 5.91. The number of carbonyl (C=O) groups excluding carboxylic acids is 1. The first-order chi connectivity index (χ1) is 8.16. The first-order valence-electron chi connectivity index (χ1n) is 5.20. The molecule has 0 bridgehead atoms. The second-order valence-corrected chi connectivity index (χ2v) is 3.74. The molecule has 17 heavy (non-hydrogen) atoms. The lowest BCUT2D eigenvalue weighted by Gasteiger charge is -2.05. The molecule has 2 aromatic rings. The van der Waals surface area contributed by atoms with Crippen LogP contribution in [0.2, 0.25) is 0 Å². The Labute approximate surface area is 98.7 Å². The van der Waals surface area contributed by atoms with E-state index in [0.29, 0.717) is 11.3 Å². The Kier molecular flexibility index (Phi) is 3.09. The average Bonchev–Trinajstić information content (AvgIpc) is 2.74. The molecule has 0 fully saturated rings. The predicted octanol–water partition coefficient (Wildman–Crippen LogP) is 1.06. The Morgan fingerprint density at radius 2 is 2.24 bits per heavy atom. The number of hydrogen-bond acceptors (Lipinski definition) is 3. The molecular formula is C12H13N3O2. The first-order valence-corrected chi connectivity index (χ1v) is 5.20. The van der Waals surface area contributed by atoms with Gasteiger partial charge in [-0.05, 0) is 6.07 Å². The Hall–Kier alpha value is -2.30. The number of amides is 1. The third kappa shape index (κ3) is 2.63. The zero-order chi connectivity index (χ0) is 12.3. The van der Waals surface area contributed by atoms with Gasteiger partial charge in [0, 0.05) is 25.4 Å². The maximum atomic E-state index is 11.7. The molecule has 5 heteroatoms. The molecule has 5 nitrogen and oxygen atoms in total. The summed E-state index contributed by atoms with van der Waals surface area (Å²) in [6, 6.07) is 6.89. The standard InChI is InChI=1S/C12H13N3O2/c1-15-7-10(14-8-15)12(17)13-6-9-4-2-3-5-11(9)16/h2-5,7-8,16H,6H2,1H3,(H,13,17). The number of benzene rings is 1. The third-order valence-corrected chi connectivity index (χ3v) is 2.37. The minimum atomic E-state index is -0.256. The molecule has 0 saturated heterocycles. The Bertz CT molecular complexity index is 534. The van der Waals surface area contributed by atoms with Crippen LogP contribution >= 0.6 is 0 Å². The van der Waals surface area contributed by atoms with Crippen LogP contribution in [0.4, 0.5) is 0 Å². The molecule has 2 rings (SSSR count). The Morgan fingerprint density at radius 3 is 2.88 bits per heavy atom. The van der Waals surface area contributed by atoms with Crippen molar-refractivity contribution < 1.29 is 9.90 Å². The lowest BCUT2D eigenvalue weighted by molar-refractivity contribution is 0.0946. The van der Waals surface area contributed by atoms with Crippen LogP contribution in [0.3, 0.4) is 0 Å². The zero-order valence-corrected chi connectivity index (χ0v) is 9.42. The summed E-state index contributed by atoms with van der Waals surface area (Å²) in [5.74, 6) is -0.0809. The number of phenolic OH excluding ortho intramolecular Hbond substituents is 1. The Balaban J connectivity index is 1.99. The lowest BCUT2D eigenvalue weighted by Crippen LogP contribution is -2.23. The van der Waals surface area contributed by atoms with Crippen LogP contribution in [0.25, 0.3) is 0 Å². The van der Waals surface area contributed by atoms with Gasteiger partial charge in [0.05, 0.1) is 6.33 Å². The van der Waals surface area contributed by atoms with E-state index in [4.69, 9.17) is 0 Å². The summed E-state index contributed by atoms with van der Waals surface area (Å²) in [6.07, 6.45) is 3.20. The van der Waals surface area contributed by atoms with Gasteiger partial charge in [0.1, 0.15) is 11.4 Å². The SMILES string of the molecule is Cn1cnc(C(=O)NCc2ccccc2O)c1. The molecule has 2 N–H and O–H groups in total. The van der Waals surface area contributed by atoms with Gasteiger partial charge >= 0.3 is 0 Å². The van der Waals surface area contributed by atoms with Crippen LogP contribution < -0.4 is 5.32 Å². The zero-order valence-electron chi connectivity index (χ0n) is 9.42. The molecule has 88 valence electrons. The number of carbonyl (C=O) groups is 1. The van der Waals surface area contributed by atoms with E-state index >= 15 is 0 Å². The number of para-hydroxylation sites is 1. The van der Waals surface area contributed by atoms with Crippen molar-refractivity contribution in [2.45, 2.75) is 6.54 Å². The number of phenols is 1. The van der Waals surface area contributed by atoms with Crippen LogP contribution in [0.15, 0.2) is 36.8 Å². The number of hydrogen-bond donors (Lipinski definition) is 2. The van der Waals surface area contributed by atoms with Crippen molar-refractivity contribution in [2.24, 2.45) is 7.05 Å². The minimum absolute atomic E-state index is 0.175. The monoisotopic (exact) mass is 231 g/mol. The topological polar surface area (TPSA) is 67.2 Å². The summed E-state index contributed by atoms with van der Waals surface area (Å²) < 4.78 is 1.70. The minimum Gasteiger partial charge on any atom is -0.508 e. The first kappa shape index (κ1) is 11.2. The van der Waals surface area contributed by atoms with Gasteiger partial charge in [-0.25, -0.2) is 4.98 Å². The quantitative estimate of drug-likeness (QED) is 0.829. The fourth-order valence-electron chi connectivity index (χ4n) is 1.46. The van der Waals surface area contributed by atoms with Crippen LogP contribution in [-0.4, -0.2) is 20.6 Å². The molecule has 0 aliphatic heterocycles. The summed E-state index contributed by atoms with van der Waals surface area (Å²) in [5.41, 5.74) is 1.04. The van der Waals surface area contributed by atoms with Gasteiger partial charge in [-0.2, -0.15) is 0 Å². The molecular weight excluding hydrogens is 218 g/mol. The largest absolute Gasteiger partial charge is 0.508 e. The van der Waals surface area contributed by atoms with Gasteiger partial charge in [-0.15, -0.1) is 0 Å². The normalized spacial score (nSPS) is 10.2. The number of rotatable bonds is 3. The van der Waals surface area contributed by atoms with Crippen LogP contribution in [0.5, 0.6) is 5.75 Å². The van der Waals surface area contributed by atoms with Gasteiger partial charge in [0.15, 0.2) is 0 Å². The molecule has 0 aliphatic rings. The molecule has 0 saturated carbocycles. The maximum Gasteiger partial charge on any atom is 0.271 e. The van der Waals surface area contributed by atoms with E-state index in [-0.39, 0.29) is 18.2 Å². The highest BCUT2D eigenvalue weighted by atomic mass is 16.3. The van der Waals surface area contributed by atoms with Crippen LogP contribution in [-0.2, 0) is 13.6 Å². The van der Waals surface area contributed by atoms with Crippen molar-refractivity contribution in [2.75, 3.05) is 0 Å². The number of aromatic nitrogens is 2. The predicted molar refractivity (Wildman–Crippen MR) is 62.5 cm³/mol. The summed E-state index contributed by atoms with van der Waals surface area (Å²) >= 11 is 0. The molecule has 0 atom stereocenters. The Morgan fingerprint density at radius 1 is 1.47 bits per heavy atom. The highest BCUT2D eigenvalue weighted by Gasteiger charge is 2.08.